The summed E-state index contributed by atoms with van der Waals surface area (Å²) < 4.78 is 18.4. The van der Waals surface area contributed by atoms with Crippen LogP contribution in [0.4, 0.5) is 4.39 Å². The van der Waals surface area contributed by atoms with E-state index >= 15 is 0 Å². The van der Waals surface area contributed by atoms with E-state index in [1.807, 2.05) is 29.2 Å². The van der Waals surface area contributed by atoms with Crippen molar-refractivity contribution in [3.8, 4) is 5.75 Å². The Kier molecular flexibility index (Phi) is 6.60. The summed E-state index contributed by atoms with van der Waals surface area (Å²) in [6.45, 7) is 2.01. The third-order valence-corrected chi connectivity index (χ3v) is 4.79. The molecule has 28 heavy (non-hydrogen) atoms. The highest BCUT2D eigenvalue weighted by atomic mass is 19.1. The highest BCUT2D eigenvalue weighted by Crippen LogP contribution is 2.22. The number of para-hydroxylation sites is 1. The van der Waals surface area contributed by atoms with Crippen molar-refractivity contribution < 1.29 is 18.7 Å². The maximum atomic E-state index is 13.0. The third-order valence-electron chi connectivity index (χ3n) is 4.79. The van der Waals surface area contributed by atoms with Crippen LogP contribution in [-0.4, -0.2) is 43.0 Å². The third kappa shape index (κ3) is 5.07. The predicted molar refractivity (Wildman–Crippen MR) is 103 cm³/mol. The van der Waals surface area contributed by atoms with Crippen molar-refractivity contribution in [2.75, 3.05) is 20.2 Å². The van der Waals surface area contributed by atoms with Gasteiger partial charge in [-0.05, 0) is 23.8 Å². The van der Waals surface area contributed by atoms with Gasteiger partial charge in [0, 0.05) is 31.7 Å². The lowest BCUT2D eigenvalue weighted by Crippen LogP contribution is -2.56. The molecule has 2 aromatic rings. The number of hydrogen-bond acceptors (Lipinski definition) is 4. The van der Waals surface area contributed by atoms with Gasteiger partial charge < -0.3 is 15.4 Å². The van der Waals surface area contributed by atoms with Gasteiger partial charge in [-0.25, -0.2) is 4.39 Å². The summed E-state index contributed by atoms with van der Waals surface area (Å²) in [7, 11) is 1.61. The van der Waals surface area contributed by atoms with E-state index in [0.717, 1.165) is 16.9 Å². The van der Waals surface area contributed by atoms with Gasteiger partial charge in [-0.15, -0.1) is 0 Å². The topological polar surface area (TPSA) is 70.7 Å². The number of halogens is 1. The van der Waals surface area contributed by atoms with Crippen LogP contribution in [-0.2, 0) is 22.7 Å². The minimum absolute atomic E-state index is 0.0577. The fourth-order valence-corrected chi connectivity index (χ4v) is 3.28. The van der Waals surface area contributed by atoms with E-state index in [4.69, 9.17) is 4.74 Å². The molecule has 1 heterocycles. The van der Waals surface area contributed by atoms with Gasteiger partial charge in [0.2, 0.25) is 11.8 Å². The van der Waals surface area contributed by atoms with Gasteiger partial charge in [-0.3, -0.25) is 14.5 Å². The number of rotatable bonds is 7. The van der Waals surface area contributed by atoms with Gasteiger partial charge in [0.15, 0.2) is 0 Å². The van der Waals surface area contributed by atoms with Gasteiger partial charge in [0.1, 0.15) is 11.6 Å². The smallest absolute Gasteiger partial charge is 0.237 e. The van der Waals surface area contributed by atoms with Crippen LogP contribution in [0.1, 0.15) is 17.5 Å². The van der Waals surface area contributed by atoms with Gasteiger partial charge in [-0.2, -0.15) is 0 Å². The lowest BCUT2D eigenvalue weighted by Gasteiger charge is -2.35. The molecule has 0 bridgehead atoms. The average Bonchev–Trinajstić information content (AvgIpc) is 2.70. The van der Waals surface area contributed by atoms with Crippen molar-refractivity contribution in [2.24, 2.45) is 0 Å². The summed E-state index contributed by atoms with van der Waals surface area (Å²) in [4.78, 5) is 26.8. The van der Waals surface area contributed by atoms with Crippen LogP contribution >= 0.6 is 0 Å². The van der Waals surface area contributed by atoms with Crippen molar-refractivity contribution in [1.82, 2.24) is 15.5 Å². The van der Waals surface area contributed by atoms with E-state index in [9.17, 15) is 14.0 Å². The molecule has 0 radical (unpaired) electrons. The van der Waals surface area contributed by atoms with Crippen molar-refractivity contribution >= 4 is 11.8 Å². The van der Waals surface area contributed by atoms with E-state index in [1.165, 1.54) is 12.1 Å². The Hall–Kier alpha value is -2.93. The molecule has 148 valence electrons. The monoisotopic (exact) mass is 385 g/mol. The molecule has 2 amide bonds. The molecule has 6 nitrogen and oxygen atoms in total. The molecule has 3 rings (SSSR count). The maximum absolute atomic E-state index is 13.0. The molecule has 1 aliphatic heterocycles. The minimum Gasteiger partial charge on any atom is -0.496 e. The van der Waals surface area contributed by atoms with Crippen LogP contribution in [0.3, 0.4) is 0 Å². The quantitative estimate of drug-likeness (QED) is 0.763. The first-order chi connectivity index (χ1) is 13.6. The minimum atomic E-state index is -0.549. The fourth-order valence-electron chi connectivity index (χ4n) is 3.28. The first-order valence-electron chi connectivity index (χ1n) is 9.21. The Morgan fingerprint density at radius 2 is 2.00 bits per heavy atom. The number of nitrogens with zero attached hydrogens (tertiary/aromatic N) is 1. The Balaban J connectivity index is 1.62. The number of methoxy groups -OCH3 is 1. The molecule has 1 fully saturated rings. The van der Waals surface area contributed by atoms with Crippen LogP contribution in [0.25, 0.3) is 0 Å². The summed E-state index contributed by atoms with van der Waals surface area (Å²) in [5.41, 5.74) is 1.77. The highest BCUT2D eigenvalue weighted by Gasteiger charge is 2.31. The summed E-state index contributed by atoms with van der Waals surface area (Å²) in [5, 5.41) is 5.63. The number of carbonyl (C=O) groups excluding carboxylic acids is 2. The molecule has 1 saturated heterocycles. The molecule has 0 aliphatic carbocycles. The molecule has 0 spiro atoms. The zero-order chi connectivity index (χ0) is 19.9. The Labute approximate surface area is 163 Å². The van der Waals surface area contributed by atoms with Gasteiger partial charge in [0.25, 0.3) is 0 Å². The lowest BCUT2D eigenvalue weighted by atomic mass is 10.1. The Morgan fingerprint density at radius 3 is 2.75 bits per heavy atom. The van der Waals surface area contributed by atoms with Crippen molar-refractivity contribution in [2.45, 2.75) is 25.6 Å². The molecule has 7 heteroatoms. The van der Waals surface area contributed by atoms with E-state index < -0.39 is 6.04 Å². The molecular formula is C21H24FN3O3. The summed E-state index contributed by atoms with van der Waals surface area (Å²) in [6, 6.07) is 13.1. The first kappa shape index (κ1) is 19.8. The van der Waals surface area contributed by atoms with E-state index in [0.29, 0.717) is 26.2 Å². The number of piperazine rings is 1. The number of hydrogen-bond donors (Lipinski definition) is 2. The highest BCUT2D eigenvalue weighted by molar-refractivity contribution is 5.88. The largest absolute Gasteiger partial charge is 0.496 e. The predicted octanol–water partition coefficient (Wildman–Crippen LogP) is 1.84. The SMILES string of the molecule is COc1ccccc1CN1CCNC(=O)C1CC(=O)NCc1ccc(F)cc1. The number of benzene rings is 2. The molecule has 1 aliphatic rings. The lowest BCUT2D eigenvalue weighted by molar-refractivity contribution is -0.134. The molecule has 0 saturated carbocycles. The van der Waals surface area contributed by atoms with E-state index in [2.05, 4.69) is 10.6 Å². The average molecular weight is 385 g/mol. The van der Waals surface area contributed by atoms with Crippen molar-refractivity contribution in [3.63, 3.8) is 0 Å². The van der Waals surface area contributed by atoms with Gasteiger partial charge in [0.05, 0.1) is 19.6 Å². The van der Waals surface area contributed by atoms with Crippen molar-refractivity contribution in [1.29, 1.82) is 0 Å². The molecular weight excluding hydrogens is 361 g/mol. The molecule has 1 atom stereocenters. The van der Waals surface area contributed by atoms with E-state index in [-0.39, 0.29) is 24.1 Å². The summed E-state index contributed by atoms with van der Waals surface area (Å²) in [6.07, 6.45) is 0.0577. The number of ether oxygens (including phenoxy) is 1. The van der Waals surface area contributed by atoms with Crippen LogP contribution in [0, 0.1) is 5.82 Å². The first-order valence-corrected chi connectivity index (χ1v) is 9.21. The number of amides is 2. The normalized spacial score (nSPS) is 17.1. The second-order valence-corrected chi connectivity index (χ2v) is 6.70. The number of nitrogens with one attached hydrogen (secondary N) is 2. The Bertz CT molecular complexity index is 826. The number of carbonyl (C=O) groups is 2. The maximum Gasteiger partial charge on any atom is 0.237 e. The Morgan fingerprint density at radius 1 is 1.25 bits per heavy atom. The van der Waals surface area contributed by atoms with Crippen molar-refractivity contribution in [3.05, 3.63) is 65.5 Å². The molecule has 1 unspecified atom stereocenters. The van der Waals surface area contributed by atoms with Crippen LogP contribution < -0.4 is 15.4 Å². The van der Waals surface area contributed by atoms with Crippen LogP contribution in [0.15, 0.2) is 48.5 Å². The van der Waals surface area contributed by atoms with Gasteiger partial charge in [-0.1, -0.05) is 30.3 Å². The molecule has 2 N–H and O–H groups in total. The van der Waals surface area contributed by atoms with Gasteiger partial charge >= 0.3 is 0 Å². The zero-order valence-electron chi connectivity index (χ0n) is 15.8. The summed E-state index contributed by atoms with van der Waals surface area (Å²) in [5.74, 6) is 0.0587. The second-order valence-electron chi connectivity index (χ2n) is 6.70. The summed E-state index contributed by atoms with van der Waals surface area (Å²) >= 11 is 0. The fraction of sp³-hybridized carbons (Fsp3) is 0.333. The van der Waals surface area contributed by atoms with E-state index in [1.54, 1.807) is 19.2 Å². The second kappa shape index (κ2) is 9.32. The van der Waals surface area contributed by atoms with Crippen LogP contribution in [0.5, 0.6) is 5.75 Å². The molecule has 2 aromatic carbocycles. The molecule has 0 aromatic heterocycles. The van der Waals surface area contributed by atoms with Crippen LogP contribution in [0.2, 0.25) is 0 Å². The standard InChI is InChI=1S/C21H24FN3O3/c1-28-19-5-3-2-4-16(19)14-25-11-10-23-21(27)18(25)12-20(26)24-13-15-6-8-17(22)9-7-15/h2-9,18H,10-14H2,1H3,(H,23,27)(H,24,26). The zero-order valence-corrected chi connectivity index (χ0v) is 15.8.